The zero-order chi connectivity index (χ0) is 15.8. The molecule has 1 aromatic rings. The molecule has 0 bridgehead atoms. The third-order valence-electron chi connectivity index (χ3n) is 2.93. The largest absolute Gasteiger partial charge is 0.354 e. The van der Waals surface area contributed by atoms with E-state index in [1.54, 1.807) is 6.07 Å². The standard InChI is InChI=1S/C15H22ClN3O2/c1-10(2)14(20)17-7-8-18-15(21)19-11(3)12-5-4-6-13(16)9-12/h4-6,9-11H,7-8H2,1-3H3,(H,17,20)(H2,18,19,21). The molecule has 0 fully saturated rings. The minimum atomic E-state index is -0.277. The van der Waals surface area contributed by atoms with Crippen molar-refractivity contribution in [2.45, 2.75) is 26.8 Å². The highest BCUT2D eigenvalue weighted by Gasteiger charge is 2.10. The maximum atomic E-state index is 11.7. The lowest BCUT2D eigenvalue weighted by Crippen LogP contribution is -2.41. The van der Waals surface area contributed by atoms with Crippen molar-refractivity contribution in [2.24, 2.45) is 5.92 Å². The predicted octanol–water partition coefficient (Wildman–Crippen LogP) is 2.47. The Hall–Kier alpha value is -1.75. The van der Waals surface area contributed by atoms with E-state index in [0.29, 0.717) is 18.1 Å². The lowest BCUT2D eigenvalue weighted by molar-refractivity contribution is -0.123. The van der Waals surface area contributed by atoms with Crippen molar-refractivity contribution in [2.75, 3.05) is 13.1 Å². The van der Waals surface area contributed by atoms with Crippen molar-refractivity contribution in [3.05, 3.63) is 34.9 Å². The molecule has 1 unspecified atom stereocenters. The van der Waals surface area contributed by atoms with Crippen molar-refractivity contribution in [1.29, 1.82) is 0 Å². The summed E-state index contributed by atoms with van der Waals surface area (Å²) in [5, 5.41) is 8.88. The van der Waals surface area contributed by atoms with E-state index in [2.05, 4.69) is 16.0 Å². The number of halogens is 1. The van der Waals surface area contributed by atoms with E-state index >= 15 is 0 Å². The van der Waals surface area contributed by atoms with Gasteiger partial charge in [-0.1, -0.05) is 37.6 Å². The Bertz CT molecular complexity index is 492. The fraction of sp³-hybridized carbons (Fsp3) is 0.467. The summed E-state index contributed by atoms with van der Waals surface area (Å²) in [4.78, 5) is 23.1. The number of rotatable bonds is 6. The second-order valence-corrected chi connectivity index (χ2v) is 5.56. The smallest absolute Gasteiger partial charge is 0.315 e. The first kappa shape index (κ1) is 17.3. The lowest BCUT2D eigenvalue weighted by Gasteiger charge is -2.15. The van der Waals surface area contributed by atoms with E-state index in [1.807, 2.05) is 39.0 Å². The molecule has 3 N–H and O–H groups in total. The molecular weight excluding hydrogens is 290 g/mol. The molecule has 1 atom stereocenters. The van der Waals surface area contributed by atoms with Crippen LogP contribution in [0.3, 0.4) is 0 Å². The summed E-state index contributed by atoms with van der Waals surface area (Å²) < 4.78 is 0. The van der Waals surface area contributed by atoms with Gasteiger partial charge in [-0.2, -0.15) is 0 Å². The minimum absolute atomic E-state index is 0.0236. The molecule has 0 radical (unpaired) electrons. The Labute approximate surface area is 130 Å². The van der Waals surface area contributed by atoms with Crippen LogP contribution in [0.15, 0.2) is 24.3 Å². The van der Waals surface area contributed by atoms with Gasteiger partial charge in [0.15, 0.2) is 0 Å². The van der Waals surface area contributed by atoms with Crippen LogP contribution in [0.5, 0.6) is 0 Å². The zero-order valence-corrected chi connectivity index (χ0v) is 13.3. The highest BCUT2D eigenvalue weighted by molar-refractivity contribution is 6.30. The first-order valence-electron chi connectivity index (χ1n) is 6.97. The average molecular weight is 312 g/mol. The van der Waals surface area contributed by atoms with E-state index in [9.17, 15) is 9.59 Å². The second-order valence-electron chi connectivity index (χ2n) is 5.12. The van der Waals surface area contributed by atoms with Gasteiger partial charge >= 0.3 is 6.03 Å². The van der Waals surface area contributed by atoms with Crippen molar-refractivity contribution >= 4 is 23.5 Å². The zero-order valence-electron chi connectivity index (χ0n) is 12.6. The molecule has 0 spiro atoms. The summed E-state index contributed by atoms with van der Waals surface area (Å²) in [6, 6.07) is 6.93. The number of hydrogen-bond donors (Lipinski definition) is 3. The van der Waals surface area contributed by atoms with Gasteiger partial charge in [0.1, 0.15) is 0 Å². The summed E-state index contributed by atoms with van der Waals surface area (Å²) in [7, 11) is 0. The van der Waals surface area contributed by atoms with Crippen LogP contribution in [-0.4, -0.2) is 25.0 Å². The Kier molecular flexibility index (Phi) is 7.02. The van der Waals surface area contributed by atoms with Gasteiger partial charge < -0.3 is 16.0 Å². The monoisotopic (exact) mass is 311 g/mol. The molecule has 1 aromatic carbocycles. The number of benzene rings is 1. The fourth-order valence-electron chi connectivity index (χ4n) is 1.67. The van der Waals surface area contributed by atoms with Gasteiger partial charge in [0.2, 0.25) is 5.91 Å². The summed E-state index contributed by atoms with van der Waals surface area (Å²) >= 11 is 5.91. The minimum Gasteiger partial charge on any atom is -0.354 e. The molecule has 1 rings (SSSR count). The first-order valence-corrected chi connectivity index (χ1v) is 7.35. The molecular formula is C15H22ClN3O2. The van der Waals surface area contributed by atoms with Crippen LogP contribution in [0.4, 0.5) is 4.79 Å². The molecule has 3 amide bonds. The molecule has 0 aliphatic carbocycles. The Morgan fingerprint density at radius 2 is 1.81 bits per heavy atom. The maximum Gasteiger partial charge on any atom is 0.315 e. The topological polar surface area (TPSA) is 70.2 Å². The third kappa shape index (κ3) is 6.49. The van der Waals surface area contributed by atoms with E-state index in [-0.39, 0.29) is 23.9 Å². The fourth-order valence-corrected chi connectivity index (χ4v) is 1.87. The summed E-state index contributed by atoms with van der Waals surface area (Å²) in [6.07, 6.45) is 0. The molecule has 6 heteroatoms. The third-order valence-corrected chi connectivity index (χ3v) is 3.17. The van der Waals surface area contributed by atoms with Crippen LogP contribution in [0.1, 0.15) is 32.4 Å². The van der Waals surface area contributed by atoms with Crippen molar-refractivity contribution < 1.29 is 9.59 Å². The SMILES string of the molecule is CC(C)C(=O)NCCNC(=O)NC(C)c1cccc(Cl)c1. The van der Waals surface area contributed by atoms with Gasteiger partial charge in [-0.15, -0.1) is 0 Å². The van der Waals surface area contributed by atoms with Crippen LogP contribution in [0.2, 0.25) is 5.02 Å². The predicted molar refractivity (Wildman–Crippen MR) is 84.2 cm³/mol. The van der Waals surface area contributed by atoms with Crippen LogP contribution in [0, 0.1) is 5.92 Å². The number of nitrogens with one attached hydrogen (secondary N) is 3. The summed E-state index contributed by atoms with van der Waals surface area (Å²) in [5.41, 5.74) is 0.936. The molecule has 0 aromatic heterocycles. The van der Waals surface area contributed by atoms with E-state index in [1.165, 1.54) is 0 Å². The van der Waals surface area contributed by atoms with Crippen LogP contribution in [-0.2, 0) is 4.79 Å². The van der Waals surface area contributed by atoms with Gasteiger partial charge in [-0.05, 0) is 24.6 Å². The molecule has 116 valence electrons. The normalized spacial score (nSPS) is 11.9. The van der Waals surface area contributed by atoms with Gasteiger partial charge in [0, 0.05) is 24.0 Å². The highest BCUT2D eigenvalue weighted by atomic mass is 35.5. The van der Waals surface area contributed by atoms with Gasteiger partial charge in [0.25, 0.3) is 0 Å². The lowest BCUT2D eigenvalue weighted by atomic mass is 10.1. The summed E-state index contributed by atoms with van der Waals surface area (Å²) in [6.45, 7) is 6.32. The number of urea groups is 1. The van der Waals surface area contributed by atoms with Gasteiger partial charge in [-0.25, -0.2) is 4.79 Å². The molecule has 0 aliphatic rings. The van der Waals surface area contributed by atoms with E-state index < -0.39 is 0 Å². The Morgan fingerprint density at radius 1 is 1.14 bits per heavy atom. The van der Waals surface area contributed by atoms with E-state index in [4.69, 9.17) is 11.6 Å². The molecule has 0 saturated heterocycles. The Balaban J connectivity index is 2.29. The Morgan fingerprint density at radius 3 is 2.43 bits per heavy atom. The number of carbonyl (C=O) groups is 2. The van der Waals surface area contributed by atoms with Gasteiger partial charge in [-0.3, -0.25) is 4.79 Å². The number of hydrogen-bond acceptors (Lipinski definition) is 2. The van der Waals surface area contributed by atoms with Crippen LogP contribution < -0.4 is 16.0 Å². The van der Waals surface area contributed by atoms with E-state index in [0.717, 1.165) is 5.56 Å². The van der Waals surface area contributed by atoms with Crippen molar-refractivity contribution in [1.82, 2.24) is 16.0 Å². The average Bonchev–Trinajstić information content (AvgIpc) is 2.43. The quantitative estimate of drug-likeness (QED) is 0.706. The molecule has 5 nitrogen and oxygen atoms in total. The summed E-state index contributed by atoms with van der Waals surface area (Å²) in [5.74, 6) is -0.0776. The molecule has 0 saturated carbocycles. The molecule has 21 heavy (non-hydrogen) atoms. The molecule has 0 aliphatic heterocycles. The first-order chi connectivity index (χ1) is 9.90. The highest BCUT2D eigenvalue weighted by Crippen LogP contribution is 2.16. The maximum absolute atomic E-state index is 11.7. The number of carbonyl (C=O) groups excluding carboxylic acids is 2. The second kappa shape index (κ2) is 8.52. The van der Waals surface area contributed by atoms with Crippen molar-refractivity contribution in [3.8, 4) is 0 Å². The van der Waals surface area contributed by atoms with Crippen LogP contribution in [0.25, 0.3) is 0 Å². The van der Waals surface area contributed by atoms with Crippen molar-refractivity contribution in [3.63, 3.8) is 0 Å². The number of amides is 3. The van der Waals surface area contributed by atoms with Crippen LogP contribution >= 0.6 is 11.6 Å². The molecule has 0 heterocycles. The van der Waals surface area contributed by atoms with Gasteiger partial charge in [0.05, 0.1) is 6.04 Å².